The molecule has 0 spiro atoms. The van der Waals surface area contributed by atoms with Crippen LogP contribution in [0.4, 0.5) is 16.0 Å². The van der Waals surface area contributed by atoms with Gasteiger partial charge in [-0.25, -0.2) is 15.0 Å². The molecule has 1 saturated heterocycles. The minimum absolute atomic E-state index is 0.0269. The van der Waals surface area contributed by atoms with Crippen molar-refractivity contribution in [2.75, 3.05) is 50.3 Å². The topological polar surface area (TPSA) is 114 Å². The Morgan fingerprint density at radius 1 is 1.35 bits per heavy atom. The van der Waals surface area contributed by atoms with Crippen molar-refractivity contribution in [2.45, 2.75) is 56.1 Å². The summed E-state index contributed by atoms with van der Waals surface area (Å²) in [6.45, 7) is 3.28. The number of halogens is 1. The molecule has 190 valence electrons. The number of carbonyl (C=O) groups is 2. The molecule has 2 fully saturated rings. The largest absolute Gasteiger partial charge is 0.350 e. The normalized spacial score (nSPS) is 18.5. The van der Waals surface area contributed by atoms with Crippen LogP contribution in [0.25, 0.3) is 0 Å². The minimum Gasteiger partial charge on any atom is -0.350 e. The van der Waals surface area contributed by atoms with E-state index in [9.17, 15) is 14.8 Å². The van der Waals surface area contributed by atoms with E-state index in [4.69, 9.17) is 0 Å². The third-order valence-electron chi connectivity index (χ3n) is 7.17. The van der Waals surface area contributed by atoms with Crippen LogP contribution in [0.2, 0.25) is 0 Å². The number of carbonyl (C=O) groups excluding carboxylic acids is 2. The summed E-state index contributed by atoms with van der Waals surface area (Å²) in [5.41, 5.74) is 5.13. The molecular weight excluding hydrogens is 461 g/mol. The quantitative estimate of drug-likeness (QED) is 0.132. The number of hydroxylamine groups is 2. The van der Waals surface area contributed by atoms with Crippen molar-refractivity contribution >= 4 is 35.7 Å². The summed E-state index contributed by atoms with van der Waals surface area (Å²) in [6, 6.07) is 0. The number of aromatic nitrogens is 2. The Hall–Kier alpha value is -2.18. The number of likely N-dealkylation sites (N-methyl/N-ethyl adjacent to an activating group) is 1. The van der Waals surface area contributed by atoms with Gasteiger partial charge >= 0.3 is 0 Å². The second-order valence-corrected chi connectivity index (χ2v) is 10.2. The maximum absolute atomic E-state index is 15.4. The Labute approximate surface area is 204 Å². The van der Waals surface area contributed by atoms with E-state index in [1.54, 1.807) is 6.26 Å². The summed E-state index contributed by atoms with van der Waals surface area (Å²) in [6.07, 6.45) is 7.83. The van der Waals surface area contributed by atoms with Gasteiger partial charge in [0.15, 0.2) is 16.8 Å². The Morgan fingerprint density at radius 2 is 2.03 bits per heavy atom. The van der Waals surface area contributed by atoms with Crippen LogP contribution >= 0.6 is 11.8 Å². The lowest BCUT2D eigenvalue weighted by Gasteiger charge is -2.54. The number of hydrogen-bond donors (Lipinski definition) is 3. The van der Waals surface area contributed by atoms with Crippen molar-refractivity contribution in [1.82, 2.24) is 25.4 Å². The van der Waals surface area contributed by atoms with E-state index in [0.29, 0.717) is 35.6 Å². The van der Waals surface area contributed by atoms with Crippen LogP contribution in [0.5, 0.6) is 0 Å². The number of nitrogens with zero attached hydrogens (tertiary/aromatic N) is 5. The fourth-order valence-corrected chi connectivity index (χ4v) is 5.20. The highest BCUT2D eigenvalue weighted by Gasteiger charge is 2.45. The maximum Gasteiger partial charge on any atom is 0.243 e. The standard InChI is InChI=1S/C22H36FN7O3S/c1-5-22(28(2)3)12-29(13-22)19-17(23)18(24-21(25-19)34-4)26-27-20(32)16(11-30(33)14-31)10-15-8-6-7-9-15/h14-16,33H,5-13H2,1-4H3,(H,27,32)(H,24,25,26)/t16-/m0/s1. The number of anilines is 2. The minimum atomic E-state index is -0.634. The number of rotatable bonds is 12. The molecule has 2 amide bonds. The van der Waals surface area contributed by atoms with Gasteiger partial charge in [0.05, 0.1) is 18.0 Å². The van der Waals surface area contributed by atoms with Gasteiger partial charge in [-0.3, -0.25) is 25.6 Å². The summed E-state index contributed by atoms with van der Waals surface area (Å²) in [4.78, 5) is 36.4. The number of hydrogen-bond acceptors (Lipinski definition) is 9. The second kappa shape index (κ2) is 11.5. The van der Waals surface area contributed by atoms with Crippen LogP contribution < -0.4 is 15.8 Å². The first-order valence-corrected chi connectivity index (χ1v) is 13.0. The Kier molecular flexibility index (Phi) is 8.94. The molecule has 2 heterocycles. The lowest BCUT2D eigenvalue weighted by atomic mass is 9.85. The molecule has 1 atom stereocenters. The van der Waals surface area contributed by atoms with E-state index in [-0.39, 0.29) is 30.1 Å². The highest BCUT2D eigenvalue weighted by Crippen LogP contribution is 2.36. The van der Waals surface area contributed by atoms with Crippen LogP contribution in [-0.4, -0.2) is 83.0 Å². The zero-order chi connectivity index (χ0) is 24.9. The molecule has 1 aromatic heterocycles. The van der Waals surface area contributed by atoms with Gasteiger partial charge in [0.1, 0.15) is 0 Å². The number of amides is 2. The molecule has 0 bridgehead atoms. The van der Waals surface area contributed by atoms with Gasteiger partial charge in [0.25, 0.3) is 0 Å². The number of thioether (sulfide) groups is 1. The molecule has 1 aliphatic carbocycles. The first-order valence-electron chi connectivity index (χ1n) is 11.7. The molecule has 10 nitrogen and oxygen atoms in total. The van der Waals surface area contributed by atoms with Crippen LogP contribution in [0, 0.1) is 17.7 Å². The Bertz CT molecular complexity index is 863. The highest BCUT2D eigenvalue weighted by atomic mass is 32.2. The first kappa shape index (κ1) is 26.4. The van der Waals surface area contributed by atoms with Gasteiger partial charge in [-0.1, -0.05) is 44.4 Å². The second-order valence-electron chi connectivity index (χ2n) is 9.45. The smallest absolute Gasteiger partial charge is 0.243 e. The molecule has 0 radical (unpaired) electrons. The SMILES string of the molecule is CCC1(N(C)C)CN(c2nc(SC)nc(NNC(=O)[C@@H](CC3CCCC3)CN(O)C=O)c2F)C1. The lowest BCUT2D eigenvalue weighted by molar-refractivity contribution is -0.154. The van der Waals surface area contributed by atoms with Crippen LogP contribution in [-0.2, 0) is 9.59 Å². The van der Waals surface area contributed by atoms with Gasteiger partial charge in [-0.2, -0.15) is 4.39 Å². The van der Waals surface area contributed by atoms with Crippen molar-refractivity contribution in [1.29, 1.82) is 0 Å². The molecule has 1 aromatic rings. The average Bonchev–Trinajstić information content (AvgIpc) is 3.30. The van der Waals surface area contributed by atoms with Crippen molar-refractivity contribution in [3.05, 3.63) is 5.82 Å². The van der Waals surface area contributed by atoms with Gasteiger partial charge in [-0.05, 0) is 39.1 Å². The van der Waals surface area contributed by atoms with Crippen molar-refractivity contribution in [3.8, 4) is 0 Å². The van der Waals surface area contributed by atoms with Gasteiger partial charge in [0, 0.05) is 13.1 Å². The molecule has 0 unspecified atom stereocenters. The predicted octanol–water partition coefficient (Wildman–Crippen LogP) is 2.36. The predicted molar refractivity (Wildman–Crippen MR) is 129 cm³/mol. The van der Waals surface area contributed by atoms with Crippen molar-refractivity contribution in [3.63, 3.8) is 0 Å². The van der Waals surface area contributed by atoms with Crippen LogP contribution in [0.3, 0.4) is 0 Å². The third kappa shape index (κ3) is 5.89. The first-order chi connectivity index (χ1) is 16.2. The molecule has 1 aliphatic heterocycles. The van der Waals surface area contributed by atoms with Gasteiger partial charge in [-0.15, -0.1) is 0 Å². The van der Waals surface area contributed by atoms with E-state index < -0.39 is 17.6 Å². The fourth-order valence-electron chi connectivity index (χ4n) is 4.84. The highest BCUT2D eigenvalue weighted by molar-refractivity contribution is 7.98. The molecule has 3 N–H and O–H groups in total. The summed E-state index contributed by atoms with van der Waals surface area (Å²) in [5.74, 6) is -1.24. The van der Waals surface area contributed by atoms with Gasteiger partial charge in [0.2, 0.25) is 18.1 Å². The third-order valence-corrected chi connectivity index (χ3v) is 7.72. The maximum atomic E-state index is 15.4. The van der Waals surface area contributed by atoms with Crippen molar-refractivity contribution < 1.29 is 19.2 Å². The summed E-state index contributed by atoms with van der Waals surface area (Å²) >= 11 is 1.29. The monoisotopic (exact) mass is 497 g/mol. The molecule has 1 saturated carbocycles. The van der Waals surface area contributed by atoms with E-state index >= 15 is 4.39 Å². The number of nitrogens with one attached hydrogen (secondary N) is 2. The molecule has 3 rings (SSSR count). The average molecular weight is 498 g/mol. The summed E-state index contributed by atoms with van der Waals surface area (Å²) in [5, 5.41) is 10.5. The van der Waals surface area contributed by atoms with E-state index in [2.05, 4.69) is 32.6 Å². The van der Waals surface area contributed by atoms with Crippen LogP contribution in [0.15, 0.2) is 5.16 Å². The van der Waals surface area contributed by atoms with Crippen LogP contribution in [0.1, 0.15) is 45.4 Å². The fraction of sp³-hybridized carbons (Fsp3) is 0.727. The molecule has 2 aliphatic rings. The molecule has 0 aromatic carbocycles. The lowest BCUT2D eigenvalue weighted by Crippen LogP contribution is -2.68. The van der Waals surface area contributed by atoms with E-state index in [1.165, 1.54) is 11.8 Å². The zero-order valence-corrected chi connectivity index (χ0v) is 21.2. The molecule has 34 heavy (non-hydrogen) atoms. The summed E-state index contributed by atoms with van der Waals surface area (Å²) in [7, 11) is 4.04. The van der Waals surface area contributed by atoms with E-state index in [1.807, 2.05) is 19.0 Å². The van der Waals surface area contributed by atoms with Gasteiger partial charge < -0.3 is 9.80 Å². The Morgan fingerprint density at radius 3 is 2.59 bits per heavy atom. The Balaban J connectivity index is 1.71. The zero-order valence-electron chi connectivity index (χ0n) is 20.4. The molecular formula is C22H36FN7O3S. The molecule has 12 heteroatoms. The summed E-state index contributed by atoms with van der Waals surface area (Å²) < 4.78 is 15.4. The number of hydrazine groups is 1. The van der Waals surface area contributed by atoms with Crippen molar-refractivity contribution in [2.24, 2.45) is 11.8 Å². The van der Waals surface area contributed by atoms with E-state index in [0.717, 1.165) is 32.1 Å².